The standard InChI is InChI=1S/C11H9NO3.NO3.H2O/c13-10(14)7-15-9-5-1-3-8-4-2-6-12-11(8)9;2-1(3)4;/h1-6H,7H2,(H,13,14);;1H2/q;-1;/p+1. The Kier molecular flexibility index (Phi) is 7.01. The molecule has 0 aliphatic rings. The Balaban J connectivity index is 0.000000644. The fourth-order valence-corrected chi connectivity index (χ4v) is 1.38. The summed E-state index contributed by atoms with van der Waals surface area (Å²) in [6, 6.07) is 9.30. The molecule has 0 aliphatic carbocycles. The Labute approximate surface area is 112 Å². The molecule has 9 heteroatoms. The van der Waals surface area contributed by atoms with Crippen molar-refractivity contribution in [1.29, 1.82) is 0 Å². The van der Waals surface area contributed by atoms with Crippen molar-refractivity contribution in [3.63, 3.8) is 0 Å². The van der Waals surface area contributed by atoms with Crippen molar-refractivity contribution in [2.75, 3.05) is 6.61 Å². The smallest absolute Gasteiger partial charge is 0.341 e. The van der Waals surface area contributed by atoms with E-state index in [1.165, 1.54) is 0 Å². The summed E-state index contributed by atoms with van der Waals surface area (Å²) in [6.45, 7) is -0.332. The highest BCUT2D eigenvalue weighted by Crippen LogP contribution is 2.20. The van der Waals surface area contributed by atoms with Crippen LogP contribution in [0.3, 0.4) is 0 Å². The summed E-state index contributed by atoms with van der Waals surface area (Å²) in [5.74, 6) is -0.432. The summed E-state index contributed by atoms with van der Waals surface area (Å²) < 4.78 is 5.15. The number of fused-ring (bicyclic) bond motifs is 1. The number of hydrogen-bond acceptors (Lipinski definition) is 5. The van der Waals surface area contributed by atoms with Crippen molar-refractivity contribution < 1.29 is 30.2 Å². The van der Waals surface area contributed by atoms with Gasteiger partial charge in [0.15, 0.2) is 18.6 Å². The van der Waals surface area contributed by atoms with Crippen molar-refractivity contribution in [3.8, 4) is 5.75 Å². The third kappa shape index (κ3) is 5.60. The molecule has 1 heterocycles. The van der Waals surface area contributed by atoms with Crippen molar-refractivity contribution in [3.05, 3.63) is 51.9 Å². The number of carbonyl (C=O) groups is 1. The maximum absolute atomic E-state index is 10.4. The largest absolute Gasteiger partial charge is 0.479 e. The van der Waals surface area contributed by atoms with Crippen LogP contribution in [0.4, 0.5) is 0 Å². The Morgan fingerprint density at radius 2 is 1.90 bits per heavy atom. The molecule has 0 unspecified atom stereocenters. The lowest BCUT2D eigenvalue weighted by atomic mass is 10.2. The second-order valence-electron chi connectivity index (χ2n) is 3.30. The van der Waals surface area contributed by atoms with E-state index < -0.39 is 11.1 Å². The van der Waals surface area contributed by atoms with E-state index >= 15 is 0 Å². The number of H-pyrrole nitrogens is 1. The van der Waals surface area contributed by atoms with Crippen LogP contribution in [0.2, 0.25) is 0 Å². The number of aromatic amines is 1. The van der Waals surface area contributed by atoms with Crippen molar-refractivity contribution in [1.82, 2.24) is 0 Å². The fourth-order valence-electron chi connectivity index (χ4n) is 1.38. The highest BCUT2D eigenvalue weighted by atomic mass is 16.9. The minimum absolute atomic E-state index is 0. The van der Waals surface area contributed by atoms with Gasteiger partial charge in [-0.3, -0.25) is 0 Å². The van der Waals surface area contributed by atoms with Gasteiger partial charge in [0.05, 0.1) is 10.5 Å². The van der Waals surface area contributed by atoms with Gasteiger partial charge in [-0.2, -0.15) is 0 Å². The summed E-state index contributed by atoms with van der Waals surface area (Å²) in [5.41, 5.74) is 0.807. The topological polar surface area (TPSA) is 158 Å². The number of carboxylic acid groups (broad SMARTS) is 1. The molecule has 20 heavy (non-hydrogen) atoms. The van der Waals surface area contributed by atoms with Crippen molar-refractivity contribution in [2.24, 2.45) is 0 Å². The molecular weight excluding hydrogens is 272 g/mol. The number of nitrogens with zero attached hydrogens (tertiary/aromatic N) is 1. The maximum atomic E-state index is 10.4. The normalized spacial score (nSPS) is 8.80. The molecule has 0 aliphatic heterocycles. The minimum atomic E-state index is -1.75. The number of nitrogens with one attached hydrogen (secondary N) is 1. The van der Waals surface area contributed by atoms with Crippen LogP contribution in [-0.4, -0.2) is 28.2 Å². The van der Waals surface area contributed by atoms with E-state index in [4.69, 9.17) is 25.2 Å². The molecule has 1 aromatic carbocycles. The average Bonchev–Trinajstić information content (AvgIpc) is 2.35. The number of ether oxygens (including phenoxy) is 1. The molecule has 108 valence electrons. The van der Waals surface area contributed by atoms with Crippen LogP contribution in [0.5, 0.6) is 5.75 Å². The Morgan fingerprint density at radius 1 is 1.30 bits per heavy atom. The second kappa shape index (κ2) is 8.21. The molecule has 0 radical (unpaired) electrons. The first kappa shape index (κ1) is 17.1. The zero-order chi connectivity index (χ0) is 14.3. The van der Waals surface area contributed by atoms with Gasteiger partial charge in [0, 0.05) is 6.07 Å². The minimum Gasteiger partial charge on any atom is -0.479 e. The van der Waals surface area contributed by atoms with Gasteiger partial charge in [0.1, 0.15) is 0 Å². The van der Waals surface area contributed by atoms with Crippen LogP contribution in [0.25, 0.3) is 10.9 Å². The summed E-state index contributed by atoms with van der Waals surface area (Å²) in [7, 11) is 0. The Hall–Kier alpha value is -2.94. The zero-order valence-corrected chi connectivity index (χ0v) is 10.1. The van der Waals surface area contributed by atoms with Crippen LogP contribution in [0.15, 0.2) is 36.5 Å². The zero-order valence-electron chi connectivity index (χ0n) is 10.1. The molecule has 1 aromatic heterocycles. The number of rotatable bonds is 3. The fraction of sp³-hybridized carbons (Fsp3) is 0.0909. The first-order valence-electron chi connectivity index (χ1n) is 5.06. The Bertz CT molecular complexity index is 578. The van der Waals surface area contributed by atoms with Gasteiger partial charge in [-0.15, -0.1) is 0 Å². The van der Waals surface area contributed by atoms with Gasteiger partial charge in [-0.25, -0.2) is 9.78 Å². The quantitative estimate of drug-likeness (QED) is 0.619. The number of aliphatic carboxylic acids is 1. The summed E-state index contributed by atoms with van der Waals surface area (Å²) >= 11 is 0. The molecule has 0 amide bonds. The molecule has 0 atom stereocenters. The van der Waals surface area contributed by atoms with E-state index in [-0.39, 0.29) is 12.1 Å². The summed E-state index contributed by atoms with van der Waals surface area (Å²) in [4.78, 5) is 21.6. The van der Waals surface area contributed by atoms with E-state index in [0.717, 1.165) is 10.9 Å². The van der Waals surface area contributed by atoms with Crippen molar-refractivity contribution >= 4 is 16.9 Å². The molecule has 0 bridgehead atoms. The molecular formula is C11H12N2O7. The van der Waals surface area contributed by atoms with Crippen LogP contribution < -0.4 is 9.72 Å². The third-order valence-corrected chi connectivity index (χ3v) is 2.01. The van der Waals surface area contributed by atoms with Gasteiger partial charge in [-0.1, -0.05) is 6.07 Å². The molecule has 0 saturated heterocycles. The number of carboxylic acids is 1. The van der Waals surface area contributed by atoms with E-state index in [0.29, 0.717) is 5.75 Å². The van der Waals surface area contributed by atoms with Gasteiger partial charge >= 0.3 is 5.97 Å². The van der Waals surface area contributed by atoms with Crippen LogP contribution >= 0.6 is 0 Å². The van der Waals surface area contributed by atoms with E-state index in [1.807, 2.05) is 24.3 Å². The first-order valence-corrected chi connectivity index (χ1v) is 5.06. The predicted octanol–water partition coefficient (Wildman–Crippen LogP) is 0.0535. The maximum Gasteiger partial charge on any atom is 0.341 e. The predicted molar refractivity (Wildman–Crippen MR) is 67.6 cm³/mol. The highest BCUT2D eigenvalue weighted by Gasteiger charge is 2.08. The first-order chi connectivity index (χ1) is 9.00. The number of aromatic nitrogens is 1. The van der Waals surface area contributed by atoms with E-state index in [9.17, 15) is 4.79 Å². The second-order valence-corrected chi connectivity index (χ2v) is 3.30. The van der Waals surface area contributed by atoms with E-state index in [2.05, 4.69) is 4.98 Å². The summed E-state index contributed by atoms with van der Waals surface area (Å²) in [6.07, 6.45) is 1.77. The SMILES string of the molecule is O.O=C(O)COc1cccc2ccc[nH+]c12.O=[N+]([O-])[O-]. The number of hydrogen-bond donors (Lipinski definition) is 1. The molecule has 0 fully saturated rings. The average molecular weight is 284 g/mol. The Morgan fingerprint density at radius 3 is 2.50 bits per heavy atom. The molecule has 2 rings (SSSR count). The van der Waals surface area contributed by atoms with Gasteiger partial charge in [0.2, 0.25) is 0 Å². The number of benzene rings is 1. The number of pyridine rings is 1. The molecule has 9 nitrogen and oxygen atoms in total. The van der Waals surface area contributed by atoms with Gasteiger partial charge in [0.25, 0.3) is 5.52 Å². The van der Waals surface area contributed by atoms with Crippen LogP contribution in [-0.2, 0) is 4.79 Å². The lowest BCUT2D eigenvalue weighted by Crippen LogP contribution is -2.12. The monoisotopic (exact) mass is 284 g/mol. The lowest BCUT2D eigenvalue weighted by molar-refractivity contribution is -0.402. The molecule has 0 saturated carbocycles. The highest BCUT2D eigenvalue weighted by molar-refractivity contribution is 5.81. The van der Waals surface area contributed by atoms with Gasteiger partial charge in [-0.05, 0) is 18.2 Å². The molecule has 4 N–H and O–H groups in total. The lowest BCUT2D eigenvalue weighted by Gasteiger charge is -2.02. The molecule has 0 spiro atoms. The van der Waals surface area contributed by atoms with Crippen LogP contribution in [0.1, 0.15) is 0 Å². The van der Waals surface area contributed by atoms with Crippen LogP contribution in [0, 0.1) is 15.3 Å². The van der Waals surface area contributed by atoms with Gasteiger partial charge < -0.3 is 30.6 Å². The third-order valence-electron chi connectivity index (χ3n) is 2.01. The molecule has 2 aromatic rings. The van der Waals surface area contributed by atoms with Crippen molar-refractivity contribution in [2.45, 2.75) is 0 Å². The summed E-state index contributed by atoms with van der Waals surface area (Å²) in [5, 5.41) is 24.2. The van der Waals surface area contributed by atoms with E-state index in [1.54, 1.807) is 12.3 Å². The number of para-hydroxylation sites is 1.